The molecular weight excluding hydrogens is 320 g/mol. The number of sulfonamides is 1. The number of rotatable bonds is 5. The molecule has 1 aromatic heterocycles. The quantitative estimate of drug-likeness (QED) is 0.480. The van der Waals surface area contributed by atoms with Crippen molar-refractivity contribution in [1.82, 2.24) is 9.62 Å². The van der Waals surface area contributed by atoms with Crippen molar-refractivity contribution in [1.29, 1.82) is 0 Å². The van der Waals surface area contributed by atoms with Gasteiger partial charge in [0.2, 0.25) is 10.0 Å². The third-order valence-electron chi connectivity index (χ3n) is 3.77. The Bertz CT molecular complexity index is 617. The topological polar surface area (TPSA) is 87.8 Å². The minimum absolute atomic E-state index is 0.254. The van der Waals surface area contributed by atoms with E-state index in [0.717, 1.165) is 36.7 Å². The standard InChI is InChI=1S/C14H24N4O2S2/c1-11-5-9-18(10-6-11)14(15)16-7-8-17-22(19,20)13-4-3-12(2)21-13/h3-4,11,17H,5-10H2,1-2H3,(H2,15,16). The van der Waals surface area contributed by atoms with Crippen LogP contribution >= 0.6 is 11.3 Å². The first kappa shape index (κ1) is 17.2. The molecule has 124 valence electrons. The van der Waals surface area contributed by atoms with Gasteiger partial charge >= 0.3 is 0 Å². The van der Waals surface area contributed by atoms with E-state index in [4.69, 9.17) is 5.73 Å². The molecular formula is C14H24N4O2S2. The molecule has 1 aromatic rings. The van der Waals surface area contributed by atoms with E-state index in [-0.39, 0.29) is 6.54 Å². The Balaban J connectivity index is 1.79. The molecule has 0 aliphatic carbocycles. The Morgan fingerprint density at radius 1 is 1.45 bits per heavy atom. The molecule has 8 heteroatoms. The normalized spacial score (nSPS) is 17.9. The van der Waals surface area contributed by atoms with Gasteiger partial charge in [0.1, 0.15) is 4.21 Å². The summed E-state index contributed by atoms with van der Waals surface area (Å²) < 4.78 is 27.0. The molecule has 2 rings (SSSR count). The van der Waals surface area contributed by atoms with Crippen molar-refractivity contribution in [2.75, 3.05) is 26.2 Å². The van der Waals surface area contributed by atoms with E-state index in [0.29, 0.717) is 16.7 Å². The number of piperidine rings is 1. The molecule has 0 atom stereocenters. The highest BCUT2D eigenvalue weighted by Gasteiger charge is 2.17. The molecule has 0 amide bonds. The van der Waals surface area contributed by atoms with Crippen LogP contribution in [0.5, 0.6) is 0 Å². The van der Waals surface area contributed by atoms with E-state index in [2.05, 4.69) is 21.5 Å². The molecule has 6 nitrogen and oxygen atoms in total. The number of nitrogens with one attached hydrogen (secondary N) is 1. The number of thiophene rings is 1. The maximum absolute atomic E-state index is 12.0. The summed E-state index contributed by atoms with van der Waals surface area (Å²) in [4.78, 5) is 7.31. The largest absolute Gasteiger partial charge is 0.370 e. The summed E-state index contributed by atoms with van der Waals surface area (Å²) >= 11 is 1.26. The van der Waals surface area contributed by atoms with Gasteiger partial charge in [-0.1, -0.05) is 6.92 Å². The van der Waals surface area contributed by atoms with Crippen molar-refractivity contribution in [3.05, 3.63) is 17.0 Å². The van der Waals surface area contributed by atoms with Crippen LogP contribution in [0.4, 0.5) is 0 Å². The van der Waals surface area contributed by atoms with Crippen molar-refractivity contribution < 1.29 is 8.42 Å². The van der Waals surface area contributed by atoms with Crippen LogP contribution in [0, 0.1) is 12.8 Å². The lowest BCUT2D eigenvalue weighted by Gasteiger charge is -2.31. The monoisotopic (exact) mass is 344 g/mol. The number of aryl methyl sites for hydroxylation is 1. The van der Waals surface area contributed by atoms with Gasteiger partial charge in [-0.15, -0.1) is 11.3 Å². The Hall–Kier alpha value is -1.12. The Labute approximate surface area is 136 Å². The summed E-state index contributed by atoms with van der Waals surface area (Å²) in [5.74, 6) is 1.25. The maximum atomic E-state index is 12.0. The summed E-state index contributed by atoms with van der Waals surface area (Å²) in [6.07, 6.45) is 2.25. The zero-order valence-corrected chi connectivity index (χ0v) is 14.7. The van der Waals surface area contributed by atoms with E-state index in [1.807, 2.05) is 6.92 Å². The summed E-state index contributed by atoms with van der Waals surface area (Å²) in [6, 6.07) is 3.42. The molecule has 0 saturated carbocycles. The predicted octanol–water partition coefficient (Wildman–Crippen LogP) is 1.38. The molecule has 3 N–H and O–H groups in total. The maximum Gasteiger partial charge on any atom is 0.250 e. The van der Waals surface area contributed by atoms with Gasteiger partial charge in [-0.05, 0) is 37.8 Å². The smallest absolute Gasteiger partial charge is 0.250 e. The SMILES string of the molecule is Cc1ccc(S(=O)(=O)NCCN=C(N)N2CCC(C)CC2)s1. The van der Waals surface area contributed by atoms with E-state index < -0.39 is 10.0 Å². The first-order chi connectivity index (χ1) is 10.4. The molecule has 1 fully saturated rings. The minimum atomic E-state index is -3.42. The van der Waals surface area contributed by atoms with Crippen molar-refractivity contribution in [3.8, 4) is 0 Å². The fraction of sp³-hybridized carbons (Fsp3) is 0.643. The molecule has 1 saturated heterocycles. The van der Waals surface area contributed by atoms with Crippen LogP contribution in [0.15, 0.2) is 21.3 Å². The van der Waals surface area contributed by atoms with Crippen molar-refractivity contribution in [2.45, 2.75) is 30.9 Å². The van der Waals surface area contributed by atoms with Gasteiger partial charge < -0.3 is 10.6 Å². The van der Waals surface area contributed by atoms with E-state index in [1.165, 1.54) is 11.3 Å². The number of nitrogens with two attached hydrogens (primary N) is 1. The average Bonchev–Trinajstić information content (AvgIpc) is 2.92. The summed E-state index contributed by atoms with van der Waals surface area (Å²) in [5.41, 5.74) is 5.96. The lowest BCUT2D eigenvalue weighted by atomic mass is 10.00. The third-order valence-corrected chi connectivity index (χ3v) is 6.72. The predicted molar refractivity (Wildman–Crippen MR) is 90.7 cm³/mol. The molecule has 0 aromatic carbocycles. The van der Waals surface area contributed by atoms with Crippen molar-refractivity contribution in [3.63, 3.8) is 0 Å². The van der Waals surface area contributed by atoms with Crippen LogP contribution in [-0.4, -0.2) is 45.5 Å². The van der Waals surface area contributed by atoms with Crippen molar-refractivity contribution >= 4 is 27.3 Å². The Morgan fingerprint density at radius 2 is 2.14 bits per heavy atom. The van der Waals surface area contributed by atoms with Gasteiger partial charge in [0.25, 0.3) is 0 Å². The van der Waals surface area contributed by atoms with E-state index >= 15 is 0 Å². The van der Waals surface area contributed by atoms with Crippen LogP contribution in [0.3, 0.4) is 0 Å². The van der Waals surface area contributed by atoms with Gasteiger partial charge in [-0.2, -0.15) is 0 Å². The highest BCUT2D eigenvalue weighted by molar-refractivity contribution is 7.91. The van der Waals surface area contributed by atoms with Gasteiger partial charge in [0.05, 0.1) is 6.54 Å². The summed E-state index contributed by atoms with van der Waals surface area (Å²) in [7, 11) is -3.42. The fourth-order valence-electron chi connectivity index (χ4n) is 2.32. The molecule has 0 spiro atoms. The van der Waals surface area contributed by atoms with Gasteiger partial charge in [-0.25, -0.2) is 13.1 Å². The zero-order valence-electron chi connectivity index (χ0n) is 13.1. The summed E-state index contributed by atoms with van der Waals surface area (Å²) in [5, 5.41) is 0. The Morgan fingerprint density at radius 3 is 2.73 bits per heavy atom. The molecule has 22 heavy (non-hydrogen) atoms. The lowest BCUT2D eigenvalue weighted by molar-refractivity contribution is 0.277. The molecule has 1 aliphatic rings. The molecule has 1 aliphatic heterocycles. The van der Waals surface area contributed by atoms with Crippen LogP contribution in [0.25, 0.3) is 0 Å². The van der Waals surface area contributed by atoms with Crippen LogP contribution in [0.2, 0.25) is 0 Å². The molecule has 0 bridgehead atoms. The highest BCUT2D eigenvalue weighted by atomic mass is 32.2. The first-order valence-corrected chi connectivity index (χ1v) is 9.79. The van der Waals surface area contributed by atoms with Crippen LogP contribution in [0.1, 0.15) is 24.6 Å². The zero-order chi connectivity index (χ0) is 16.2. The Kier molecular flexibility index (Phi) is 5.82. The number of hydrogen-bond acceptors (Lipinski definition) is 4. The second-order valence-corrected chi connectivity index (χ2v) is 8.95. The van der Waals surface area contributed by atoms with E-state index in [9.17, 15) is 8.42 Å². The highest BCUT2D eigenvalue weighted by Crippen LogP contribution is 2.20. The number of likely N-dealkylation sites (tertiary alicyclic amines) is 1. The number of nitrogens with zero attached hydrogens (tertiary/aromatic N) is 2. The van der Waals surface area contributed by atoms with Gasteiger partial charge in [-0.3, -0.25) is 4.99 Å². The summed E-state index contributed by atoms with van der Waals surface area (Å²) in [6.45, 7) is 6.58. The lowest BCUT2D eigenvalue weighted by Crippen LogP contribution is -2.42. The first-order valence-electron chi connectivity index (χ1n) is 7.49. The number of hydrogen-bond donors (Lipinski definition) is 2. The molecule has 0 radical (unpaired) electrons. The van der Waals surface area contributed by atoms with Gasteiger partial charge in [0, 0.05) is 24.5 Å². The third kappa shape index (κ3) is 4.69. The number of aliphatic imine (C=N–C) groups is 1. The fourth-order valence-corrected chi connectivity index (χ4v) is 4.66. The van der Waals surface area contributed by atoms with Crippen LogP contribution in [-0.2, 0) is 10.0 Å². The molecule has 0 unspecified atom stereocenters. The van der Waals surface area contributed by atoms with Crippen LogP contribution < -0.4 is 10.5 Å². The molecule has 2 heterocycles. The number of guanidine groups is 1. The van der Waals surface area contributed by atoms with Gasteiger partial charge in [0.15, 0.2) is 5.96 Å². The minimum Gasteiger partial charge on any atom is -0.370 e. The second kappa shape index (κ2) is 7.43. The van der Waals surface area contributed by atoms with E-state index in [1.54, 1.807) is 12.1 Å². The second-order valence-electron chi connectivity index (χ2n) is 5.67. The average molecular weight is 345 g/mol. The van der Waals surface area contributed by atoms with Crippen molar-refractivity contribution in [2.24, 2.45) is 16.6 Å².